The summed E-state index contributed by atoms with van der Waals surface area (Å²) < 4.78 is 13.1. The predicted molar refractivity (Wildman–Crippen MR) is 83.8 cm³/mol. The van der Waals surface area contributed by atoms with E-state index < -0.39 is 0 Å². The van der Waals surface area contributed by atoms with Gasteiger partial charge in [0, 0.05) is 10.9 Å². The second kappa shape index (κ2) is 5.89. The van der Waals surface area contributed by atoms with E-state index >= 15 is 0 Å². The second-order valence-corrected chi connectivity index (χ2v) is 6.31. The van der Waals surface area contributed by atoms with Gasteiger partial charge >= 0.3 is 0 Å². The maximum absolute atomic E-state index is 13.1. The Morgan fingerprint density at radius 1 is 1.20 bits per heavy atom. The fourth-order valence-corrected chi connectivity index (χ4v) is 3.85. The van der Waals surface area contributed by atoms with Crippen molar-refractivity contribution in [1.82, 2.24) is 9.97 Å². The van der Waals surface area contributed by atoms with Gasteiger partial charge in [0.2, 0.25) is 0 Å². The van der Waals surface area contributed by atoms with Gasteiger partial charge in [-0.2, -0.15) is 0 Å². The molecule has 0 aliphatic rings. The molecule has 0 saturated carbocycles. The van der Waals surface area contributed by atoms with Crippen LogP contribution in [0.5, 0.6) is 0 Å². The van der Waals surface area contributed by atoms with Gasteiger partial charge in [-0.05, 0) is 29.9 Å². The molecule has 0 amide bonds. The lowest BCUT2D eigenvalue weighted by Gasteiger charge is -2.04. The summed E-state index contributed by atoms with van der Waals surface area (Å²) >= 11 is 3.35. The maximum atomic E-state index is 13.1. The number of aromatic nitrogens is 2. The summed E-state index contributed by atoms with van der Waals surface area (Å²) in [6, 6.07) is 6.58. The molecule has 1 aromatic carbocycles. The van der Waals surface area contributed by atoms with Crippen LogP contribution in [0.4, 0.5) is 4.39 Å². The zero-order valence-corrected chi connectivity index (χ0v) is 12.6. The van der Waals surface area contributed by atoms with E-state index in [2.05, 4.69) is 22.3 Å². The van der Waals surface area contributed by atoms with Crippen molar-refractivity contribution in [2.24, 2.45) is 0 Å². The zero-order valence-electron chi connectivity index (χ0n) is 11.0. The summed E-state index contributed by atoms with van der Waals surface area (Å²) in [6.45, 7) is 2.15. The van der Waals surface area contributed by atoms with Crippen LogP contribution in [0.15, 0.2) is 41.0 Å². The van der Waals surface area contributed by atoms with Crippen molar-refractivity contribution in [2.75, 3.05) is 5.75 Å². The van der Waals surface area contributed by atoms with Crippen LogP contribution in [0.2, 0.25) is 0 Å². The van der Waals surface area contributed by atoms with Crippen LogP contribution in [-0.2, 0) is 0 Å². The molecular formula is C15H13FN2S2. The predicted octanol–water partition coefficient (Wildman–Crippen LogP) is 5.00. The summed E-state index contributed by atoms with van der Waals surface area (Å²) in [5, 5.41) is 4.17. The Kier molecular flexibility index (Phi) is 3.98. The van der Waals surface area contributed by atoms with Gasteiger partial charge in [0.25, 0.3) is 0 Å². The molecule has 2 nitrogen and oxygen atoms in total. The molecule has 5 heteroatoms. The van der Waals surface area contributed by atoms with Crippen molar-refractivity contribution < 1.29 is 4.39 Å². The van der Waals surface area contributed by atoms with Crippen LogP contribution < -0.4 is 0 Å². The number of rotatable bonds is 4. The van der Waals surface area contributed by atoms with E-state index in [1.54, 1.807) is 41.6 Å². The number of hydrogen-bond donors (Lipinski definition) is 0. The van der Waals surface area contributed by atoms with Crippen LogP contribution in [-0.4, -0.2) is 15.7 Å². The van der Waals surface area contributed by atoms with Crippen LogP contribution in [0.25, 0.3) is 21.3 Å². The Hall–Kier alpha value is -1.46. The number of hydrogen-bond acceptors (Lipinski definition) is 4. The molecule has 3 rings (SSSR count). The average molecular weight is 304 g/mol. The Morgan fingerprint density at radius 2 is 2.00 bits per heavy atom. The van der Waals surface area contributed by atoms with Gasteiger partial charge in [-0.15, -0.1) is 23.1 Å². The van der Waals surface area contributed by atoms with Crippen molar-refractivity contribution >= 4 is 33.3 Å². The topological polar surface area (TPSA) is 25.8 Å². The largest absolute Gasteiger partial charge is 0.229 e. The van der Waals surface area contributed by atoms with Crippen molar-refractivity contribution in [3.05, 3.63) is 41.8 Å². The normalized spacial score (nSPS) is 11.1. The summed E-state index contributed by atoms with van der Waals surface area (Å²) in [4.78, 5) is 9.72. The number of thiophene rings is 1. The molecule has 0 atom stereocenters. The highest BCUT2D eigenvalue weighted by Crippen LogP contribution is 2.37. The minimum absolute atomic E-state index is 0.217. The monoisotopic (exact) mass is 304 g/mol. The van der Waals surface area contributed by atoms with Crippen LogP contribution >= 0.6 is 23.1 Å². The first-order valence-corrected chi connectivity index (χ1v) is 8.27. The Balaban J connectivity index is 2.13. The van der Waals surface area contributed by atoms with Crippen LogP contribution in [0.3, 0.4) is 0 Å². The molecule has 0 fully saturated rings. The van der Waals surface area contributed by atoms with Gasteiger partial charge < -0.3 is 0 Å². The van der Waals surface area contributed by atoms with Gasteiger partial charge in [0.05, 0.1) is 5.39 Å². The molecule has 2 aromatic heterocycles. The molecule has 0 N–H and O–H groups in total. The zero-order chi connectivity index (χ0) is 13.9. The fourth-order valence-electron chi connectivity index (χ4n) is 2.00. The lowest BCUT2D eigenvalue weighted by Crippen LogP contribution is -1.87. The van der Waals surface area contributed by atoms with E-state index in [1.807, 2.05) is 0 Å². The molecule has 0 spiro atoms. The first-order valence-electron chi connectivity index (χ1n) is 6.40. The van der Waals surface area contributed by atoms with Gasteiger partial charge in [-0.25, -0.2) is 14.4 Å². The van der Waals surface area contributed by atoms with E-state index in [0.717, 1.165) is 38.5 Å². The molecule has 0 unspecified atom stereocenters. The molecule has 0 bridgehead atoms. The summed E-state index contributed by atoms with van der Waals surface area (Å²) in [5.74, 6) is 0.815. The average Bonchev–Trinajstić information content (AvgIpc) is 2.90. The van der Waals surface area contributed by atoms with Crippen LogP contribution in [0, 0.1) is 5.82 Å². The molecule has 0 aliphatic carbocycles. The minimum Gasteiger partial charge on any atom is -0.229 e. The highest BCUT2D eigenvalue weighted by Gasteiger charge is 2.13. The van der Waals surface area contributed by atoms with E-state index in [-0.39, 0.29) is 5.82 Å². The van der Waals surface area contributed by atoms with Gasteiger partial charge in [-0.3, -0.25) is 0 Å². The smallest absolute Gasteiger partial charge is 0.128 e. The van der Waals surface area contributed by atoms with Gasteiger partial charge in [0.15, 0.2) is 0 Å². The molecule has 20 heavy (non-hydrogen) atoms. The third kappa shape index (κ3) is 2.55. The van der Waals surface area contributed by atoms with E-state index in [0.29, 0.717) is 0 Å². The Labute approximate surface area is 125 Å². The molecule has 0 radical (unpaired) electrons. The minimum atomic E-state index is -0.217. The summed E-state index contributed by atoms with van der Waals surface area (Å²) in [6.07, 6.45) is 2.72. The standard InChI is InChI=1S/C15H13FN2S2/c1-2-7-19-14-13-12(8-20-15(13)18-9-17-14)10-3-5-11(16)6-4-10/h3-6,8-9H,2,7H2,1H3. The lowest BCUT2D eigenvalue weighted by atomic mass is 10.1. The number of fused-ring (bicyclic) bond motifs is 1. The molecule has 3 aromatic rings. The molecule has 0 aliphatic heterocycles. The SMILES string of the molecule is CCCSc1ncnc2scc(-c3ccc(F)cc3)c12. The van der Waals surface area contributed by atoms with E-state index in [9.17, 15) is 4.39 Å². The number of halogens is 1. The highest BCUT2D eigenvalue weighted by molar-refractivity contribution is 7.99. The van der Waals surface area contributed by atoms with Crippen molar-refractivity contribution in [3.8, 4) is 11.1 Å². The summed E-state index contributed by atoms with van der Waals surface area (Å²) in [7, 11) is 0. The van der Waals surface area contributed by atoms with Crippen LogP contribution in [0.1, 0.15) is 13.3 Å². The second-order valence-electron chi connectivity index (χ2n) is 4.36. The molecule has 0 saturated heterocycles. The summed E-state index contributed by atoms with van der Waals surface area (Å²) in [5.41, 5.74) is 2.09. The number of benzene rings is 1. The van der Waals surface area contributed by atoms with Crippen molar-refractivity contribution in [1.29, 1.82) is 0 Å². The molecular weight excluding hydrogens is 291 g/mol. The maximum Gasteiger partial charge on any atom is 0.128 e. The van der Waals surface area contributed by atoms with Gasteiger partial charge in [0.1, 0.15) is 22.0 Å². The third-order valence-electron chi connectivity index (χ3n) is 2.93. The first-order chi connectivity index (χ1) is 9.79. The van der Waals surface area contributed by atoms with Crippen molar-refractivity contribution in [3.63, 3.8) is 0 Å². The Bertz CT molecular complexity index is 722. The third-order valence-corrected chi connectivity index (χ3v) is 5.02. The quantitative estimate of drug-likeness (QED) is 0.501. The highest BCUT2D eigenvalue weighted by atomic mass is 32.2. The fraction of sp³-hybridized carbons (Fsp3) is 0.200. The molecule has 2 heterocycles. The van der Waals surface area contributed by atoms with Gasteiger partial charge in [-0.1, -0.05) is 19.1 Å². The first kappa shape index (κ1) is 13.5. The lowest BCUT2D eigenvalue weighted by molar-refractivity contribution is 0.628. The van der Waals surface area contributed by atoms with Crippen molar-refractivity contribution in [2.45, 2.75) is 18.4 Å². The van der Waals surface area contributed by atoms with E-state index in [4.69, 9.17) is 0 Å². The number of thioether (sulfide) groups is 1. The van der Waals surface area contributed by atoms with E-state index in [1.165, 1.54) is 12.1 Å². The molecule has 102 valence electrons. The number of nitrogens with zero attached hydrogens (tertiary/aromatic N) is 2. The Morgan fingerprint density at radius 3 is 2.75 bits per heavy atom.